The Labute approximate surface area is 136 Å². The number of Topliss-reactive ketones (excluding diaryl/α,β-unsaturated/α-hetero) is 1. The molecule has 0 aromatic rings. The van der Waals surface area contributed by atoms with E-state index in [2.05, 4.69) is 6.58 Å². The Morgan fingerprint density at radius 3 is 2.74 bits per heavy atom. The van der Waals surface area contributed by atoms with E-state index in [1.807, 2.05) is 13.0 Å². The topological polar surface area (TPSA) is 69.7 Å². The number of carbonyl (C=O) groups is 3. The first kappa shape index (κ1) is 17.4. The first-order valence-corrected chi connectivity index (χ1v) is 8.12. The number of hydrogen-bond donors (Lipinski definition) is 0. The fourth-order valence-corrected chi connectivity index (χ4v) is 3.23. The summed E-state index contributed by atoms with van der Waals surface area (Å²) >= 11 is 0. The summed E-state index contributed by atoms with van der Waals surface area (Å²) in [7, 11) is 0. The van der Waals surface area contributed by atoms with Crippen molar-refractivity contribution in [3.8, 4) is 0 Å². The molecule has 0 radical (unpaired) electrons. The molecule has 1 fully saturated rings. The van der Waals surface area contributed by atoms with Crippen molar-refractivity contribution in [2.75, 3.05) is 0 Å². The predicted octanol–water partition coefficient (Wildman–Crippen LogP) is 2.74. The molecule has 126 valence electrons. The zero-order chi connectivity index (χ0) is 17.1. The van der Waals surface area contributed by atoms with Crippen LogP contribution in [-0.2, 0) is 23.9 Å². The van der Waals surface area contributed by atoms with Gasteiger partial charge in [-0.2, -0.15) is 0 Å². The van der Waals surface area contributed by atoms with Crippen molar-refractivity contribution in [3.63, 3.8) is 0 Å². The predicted molar refractivity (Wildman–Crippen MR) is 84.5 cm³/mol. The maximum absolute atomic E-state index is 11.9. The van der Waals surface area contributed by atoms with E-state index < -0.39 is 18.2 Å². The standard InChI is InChI=1S/C18H24O5/c1-5-16(20)22-14-8-10(2)13(7-6-11(3)19)9-15-17(14)12(4)18(21)23-15/h9-10,14-15,17H,4-8H2,1-3H3/t10-,14-,15-,17-/m0/s1. The van der Waals surface area contributed by atoms with Gasteiger partial charge in [-0.3, -0.25) is 4.79 Å². The largest absolute Gasteiger partial charge is 0.462 e. The Balaban J connectivity index is 2.26. The monoisotopic (exact) mass is 320 g/mol. The van der Waals surface area contributed by atoms with Crippen molar-refractivity contribution in [3.05, 3.63) is 23.8 Å². The number of fused-ring (bicyclic) bond motifs is 1. The van der Waals surface area contributed by atoms with Crippen LogP contribution in [0.5, 0.6) is 0 Å². The van der Waals surface area contributed by atoms with Crippen molar-refractivity contribution in [1.82, 2.24) is 0 Å². The molecule has 0 unspecified atom stereocenters. The number of carbonyl (C=O) groups excluding carboxylic acids is 3. The molecule has 1 heterocycles. The molecule has 23 heavy (non-hydrogen) atoms. The van der Waals surface area contributed by atoms with Crippen molar-refractivity contribution >= 4 is 17.7 Å². The molecule has 0 spiro atoms. The summed E-state index contributed by atoms with van der Waals surface area (Å²) in [5.41, 5.74) is 1.44. The van der Waals surface area contributed by atoms with Gasteiger partial charge < -0.3 is 14.3 Å². The van der Waals surface area contributed by atoms with E-state index >= 15 is 0 Å². The minimum atomic E-state index is -0.462. The fraction of sp³-hybridized carbons (Fsp3) is 0.611. The quantitative estimate of drug-likeness (QED) is 0.442. The van der Waals surface area contributed by atoms with Crippen LogP contribution >= 0.6 is 0 Å². The van der Waals surface area contributed by atoms with Crippen LogP contribution in [0.15, 0.2) is 23.8 Å². The third-order valence-corrected chi connectivity index (χ3v) is 4.60. The maximum Gasteiger partial charge on any atom is 0.334 e. The minimum Gasteiger partial charge on any atom is -0.462 e. The first-order valence-electron chi connectivity index (χ1n) is 8.12. The number of ketones is 1. The fourth-order valence-electron chi connectivity index (χ4n) is 3.23. The lowest BCUT2D eigenvalue weighted by molar-refractivity contribution is -0.152. The average Bonchev–Trinajstić information content (AvgIpc) is 2.69. The molecule has 0 amide bonds. The Morgan fingerprint density at radius 1 is 1.43 bits per heavy atom. The van der Waals surface area contributed by atoms with Crippen LogP contribution in [0.1, 0.15) is 46.5 Å². The smallest absolute Gasteiger partial charge is 0.334 e. The lowest BCUT2D eigenvalue weighted by Gasteiger charge is -2.25. The highest BCUT2D eigenvalue weighted by atomic mass is 16.6. The molecule has 0 aromatic carbocycles. The second-order valence-electron chi connectivity index (χ2n) is 6.38. The molecular formula is C18H24O5. The Hall–Kier alpha value is -1.91. The summed E-state index contributed by atoms with van der Waals surface area (Å²) in [5.74, 6) is -0.786. The second-order valence-corrected chi connectivity index (χ2v) is 6.38. The van der Waals surface area contributed by atoms with Gasteiger partial charge in [-0.05, 0) is 31.8 Å². The molecule has 4 atom stereocenters. The summed E-state index contributed by atoms with van der Waals surface area (Å²) in [4.78, 5) is 34.9. The normalized spacial score (nSPS) is 30.1. The first-order chi connectivity index (χ1) is 10.8. The lowest BCUT2D eigenvalue weighted by Crippen LogP contribution is -2.32. The molecule has 1 saturated heterocycles. The van der Waals surface area contributed by atoms with E-state index in [0.29, 0.717) is 24.8 Å². The van der Waals surface area contributed by atoms with E-state index in [9.17, 15) is 14.4 Å². The average molecular weight is 320 g/mol. The molecule has 0 N–H and O–H groups in total. The van der Waals surface area contributed by atoms with Gasteiger partial charge in [-0.25, -0.2) is 4.79 Å². The summed E-state index contributed by atoms with van der Waals surface area (Å²) in [6, 6.07) is 0. The van der Waals surface area contributed by atoms with Gasteiger partial charge in [-0.15, -0.1) is 0 Å². The van der Waals surface area contributed by atoms with Gasteiger partial charge in [0.05, 0.1) is 5.92 Å². The van der Waals surface area contributed by atoms with Gasteiger partial charge >= 0.3 is 11.9 Å². The minimum absolute atomic E-state index is 0.126. The lowest BCUT2D eigenvalue weighted by atomic mass is 9.88. The molecular weight excluding hydrogens is 296 g/mol. The van der Waals surface area contributed by atoms with Crippen LogP contribution in [0, 0.1) is 11.8 Å². The van der Waals surface area contributed by atoms with Crippen LogP contribution in [0.4, 0.5) is 0 Å². The zero-order valence-electron chi connectivity index (χ0n) is 14.0. The van der Waals surface area contributed by atoms with Crippen LogP contribution < -0.4 is 0 Å². The summed E-state index contributed by atoms with van der Waals surface area (Å²) in [6.07, 6.45) is 3.03. The van der Waals surface area contributed by atoms with E-state index in [0.717, 1.165) is 5.57 Å². The van der Waals surface area contributed by atoms with E-state index in [1.54, 1.807) is 13.8 Å². The SMILES string of the molecule is C=C1C(=O)O[C@H]2C=C(CCC(C)=O)[C@@H](C)C[C@H](OC(=O)CC)[C@H]12. The van der Waals surface area contributed by atoms with Gasteiger partial charge in [0.1, 0.15) is 18.0 Å². The zero-order valence-corrected chi connectivity index (χ0v) is 14.0. The Kier molecular flexibility index (Phi) is 5.39. The number of allylic oxidation sites excluding steroid dienone is 1. The second kappa shape index (κ2) is 7.11. The number of esters is 2. The van der Waals surface area contributed by atoms with E-state index in [-0.39, 0.29) is 30.0 Å². The third-order valence-electron chi connectivity index (χ3n) is 4.60. The van der Waals surface area contributed by atoms with Crippen molar-refractivity contribution < 1.29 is 23.9 Å². The maximum atomic E-state index is 11.9. The highest BCUT2D eigenvalue weighted by Crippen LogP contribution is 2.40. The van der Waals surface area contributed by atoms with Crippen LogP contribution in [0.3, 0.4) is 0 Å². The van der Waals surface area contributed by atoms with Crippen LogP contribution in [0.25, 0.3) is 0 Å². The molecule has 2 aliphatic rings. The van der Waals surface area contributed by atoms with Crippen molar-refractivity contribution in [2.45, 2.75) is 58.7 Å². The van der Waals surface area contributed by atoms with Gasteiger partial charge in [0.15, 0.2) is 0 Å². The van der Waals surface area contributed by atoms with Gasteiger partial charge in [0.2, 0.25) is 0 Å². The Morgan fingerprint density at radius 2 is 2.13 bits per heavy atom. The number of hydrogen-bond acceptors (Lipinski definition) is 5. The summed E-state index contributed by atoms with van der Waals surface area (Å²) in [6.45, 7) is 9.17. The number of rotatable bonds is 5. The van der Waals surface area contributed by atoms with E-state index in [4.69, 9.17) is 9.47 Å². The molecule has 2 rings (SSSR count). The highest BCUT2D eigenvalue weighted by Gasteiger charge is 2.46. The van der Waals surface area contributed by atoms with Crippen molar-refractivity contribution in [2.24, 2.45) is 11.8 Å². The molecule has 1 aliphatic carbocycles. The summed E-state index contributed by atoms with van der Waals surface area (Å²) in [5, 5.41) is 0. The molecule has 1 aliphatic heterocycles. The van der Waals surface area contributed by atoms with Gasteiger partial charge in [0, 0.05) is 18.4 Å². The summed E-state index contributed by atoms with van der Waals surface area (Å²) < 4.78 is 11.0. The highest BCUT2D eigenvalue weighted by molar-refractivity contribution is 5.91. The third kappa shape index (κ3) is 3.89. The number of ether oxygens (including phenoxy) is 2. The van der Waals surface area contributed by atoms with Crippen LogP contribution in [-0.4, -0.2) is 29.9 Å². The molecule has 5 heteroatoms. The Bertz CT molecular complexity index is 560. The van der Waals surface area contributed by atoms with E-state index in [1.165, 1.54) is 0 Å². The van der Waals surface area contributed by atoms with Gasteiger partial charge in [-0.1, -0.05) is 26.0 Å². The van der Waals surface area contributed by atoms with Crippen molar-refractivity contribution in [1.29, 1.82) is 0 Å². The van der Waals surface area contributed by atoms with Gasteiger partial charge in [0.25, 0.3) is 0 Å². The molecule has 5 nitrogen and oxygen atoms in total. The molecule has 0 saturated carbocycles. The molecule has 0 aromatic heterocycles. The van der Waals surface area contributed by atoms with Crippen LogP contribution in [0.2, 0.25) is 0 Å². The molecule has 0 bridgehead atoms.